The van der Waals surface area contributed by atoms with Crippen molar-refractivity contribution in [2.24, 2.45) is 56.7 Å². The maximum atomic E-state index is 13.0. The number of phenolic OH excluding ortho intramolecular Hbond substituents is 1. The summed E-state index contributed by atoms with van der Waals surface area (Å²) >= 11 is 0. The number of benzene rings is 1. The Morgan fingerprint density at radius 3 is 2.20 bits per heavy atom. The summed E-state index contributed by atoms with van der Waals surface area (Å²) < 4.78 is 6.04. The van der Waals surface area contributed by atoms with Gasteiger partial charge in [0.25, 0.3) is 0 Å². The van der Waals surface area contributed by atoms with Crippen molar-refractivity contribution in [2.75, 3.05) is 0 Å². The molecule has 0 amide bonds. The Bertz CT molecular complexity index is 1400. The van der Waals surface area contributed by atoms with Crippen LogP contribution in [0, 0.1) is 56.7 Å². The summed E-state index contributed by atoms with van der Waals surface area (Å²) in [5, 5.41) is 44.1. The molecule has 0 aromatic heterocycles. The van der Waals surface area contributed by atoms with Gasteiger partial charge in [0.1, 0.15) is 11.9 Å². The van der Waals surface area contributed by atoms with Gasteiger partial charge in [0.05, 0.1) is 17.1 Å². The van der Waals surface area contributed by atoms with Crippen LogP contribution in [0.15, 0.2) is 30.3 Å². The maximum absolute atomic E-state index is 13.0. The van der Waals surface area contributed by atoms with E-state index in [0.29, 0.717) is 25.2 Å². The molecule has 7 heteroatoms. The third-order valence-corrected chi connectivity index (χ3v) is 15.5. The molecule has 0 spiro atoms. The summed E-state index contributed by atoms with van der Waals surface area (Å²) in [6.07, 6.45) is 8.78. The first-order valence-electron chi connectivity index (χ1n) is 17.7. The topological polar surface area (TPSA) is 124 Å². The number of carbonyl (C=O) groups is 2. The molecule has 0 heterocycles. The zero-order chi connectivity index (χ0) is 33.7. The van der Waals surface area contributed by atoms with Gasteiger partial charge in [0.2, 0.25) is 0 Å². The van der Waals surface area contributed by atoms with Gasteiger partial charge in [-0.15, -0.1) is 0 Å². The Kier molecular flexibility index (Phi) is 7.88. The number of aliphatic hydroxyl groups excluding tert-OH is 1. The molecule has 0 radical (unpaired) electrons. The van der Waals surface area contributed by atoms with E-state index in [-0.39, 0.29) is 45.7 Å². The first-order valence-corrected chi connectivity index (χ1v) is 17.7. The van der Waals surface area contributed by atoms with Crippen molar-refractivity contribution in [3.05, 3.63) is 35.9 Å². The third kappa shape index (κ3) is 4.57. The van der Waals surface area contributed by atoms with Gasteiger partial charge >= 0.3 is 11.9 Å². The second kappa shape index (κ2) is 10.8. The highest BCUT2D eigenvalue weighted by Crippen LogP contribution is 2.77. The molecule has 12 atom stereocenters. The summed E-state index contributed by atoms with van der Waals surface area (Å²) in [6, 6.07) is 6.58. The lowest BCUT2D eigenvalue weighted by molar-refractivity contribution is -0.285. The monoisotopic (exact) mass is 636 g/mol. The minimum Gasteiger partial charge on any atom is -0.508 e. The minimum atomic E-state index is -1.04. The molecule has 0 saturated heterocycles. The number of phenols is 1. The van der Waals surface area contributed by atoms with Crippen LogP contribution in [0.5, 0.6) is 5.75 Å². The van der Waals surface area contributed by atoms with Crippen molar-refractivity contribution in [3.63, 3.8) is 0 Å². The van der Waals surface area contributed by atoms with Crippen molar-refractivity contribution >= 4 is 18.0 Å². The van der Waals surface area contributed by atoms with Crippen LogP contribution in [0.2, 0.25) is 0 Å². The van der Waals surface area contributed by atoms with Gasteiger partial charge in [-0.3, -0.25) is 4.79 Å². The van der Waals surface area contributed by atoms with E-state index in [2.05, 4.69) is 41.5 Å². The number of hydrogen-bond donors (Lipinski definition) is 4. The van der Waals surface area contributed by atoms with E-state index in [0.717, 1.165) is 44.1 Å². The minimum absolute atomic E-state index is 0.0518. The average molecular weight is 637 g/mol. The zero-order valence-corrected chi connectivity index (χ0v) is 28.9. The van der Waals surface area contributed by atoms with E-state index < -0.39 is 40.6 Å². The molecular formula is C39H56O7. The fourth-order valence-corrected chi connectivity index (χ4v) is 12.9. The molecule has 6 rings (SSSR count). The summed E-state index contributed by atoms with van der Waals surface area (Å²) in [5.74, 6) is -0.611. The largest absolute Gasteiger partial charge is 0.508 e. The van der Waals surface area contributed by atoms with Crippen LogP contribution in [-0.4, -0.2) is 50.2 Å². The van der Waals surface area contributed by atoms with Gasteiger partial charge in [-0.05, 0) is 128 Å². The summed E-state index contributed by atoms with van der Waals surface area (Å²) in [7, 11) is 0. The molecule has 0 unspecified atom stereocenters. The smallest absolute Gasteiger partial charge is 0.331 e. The van der Waals surface area contributed by atoms with Crippen LogP contribution >= 0.6 is 0 Å². The Balaban J connectivity index is 1.28. The van der Waals surface area contributed by atoms with Gasteiger partial charge in [-0.25, -0.2) is 4.79 Å². The number of ether oxygens (including phenoxy) is 1. The van der Waals surface area contributed by atoms with E-state index in [1.165, 1.54) is 6.08 Å². The Hall–Kier alpha value is -2.38. The predicted octanol–water partition coefficient (Wildman–Crippen LogP) is 7.23. The maximum Gasteiger partial charge on any atom is 0.331 e. The molecule has 46 heavy (non-hydrogen) atoms. The van der Waals surface area contributed by atoms with E-state index in [4.69, 9.17) is 4.74 Å². The van der Waals surface area contributed by atoms with Crippen molar-refractivity contribution in [2.45, 2.75) is 124 Å². The van der Waals surface area contributed by atoms with E-state index >= 15 is 0 Å². The Morgan fingerprint density at radius 1 is 0.870 bits per heavy atom. The second-order valence-corrected chi connectivity index (χ2v) is 17.6. The highest BCUT2D eigenvalue weighted by molar-refractivity contribution is 5.87. The van der Waals surface area contributed by atoms with Crippen molar-refractivity contribution in [3.8, 4) is 5.75 Å². The SMILES string of the molecule is C[C@@H]1CC[C@]2(C(=O)O)CC[C@]3(C)[C@H](CC[C@@H]4[C@@]5(C)C[C@@H](O)[C@H](OC(=O)/C=C/c6ccc(O)cc6)C(C)(C)[C@@H]5CC[C@]43C)[C@@H]2[C@]1(C)O. The Labute approximate surface area is 274 Å². The lowest BCUT2D eigenvalue weighted by Crippen LogP contribution is -2.71. The first kappa shape index (κ1) is 33.5. The van der Waals surface area contributed by atoms with Crippen molar-refractivity contribution in [1.29, 1.82) is 0 Å². The number of aliphatic carboxylic acids is 1. The summed E-state index contributed by atoms with van der Waals surface area (Å²) in [5.41, 5.74) is -1.99. The van der Waals surface area contributed by atoms with Gasteiger partial charge in [-0.1, -0.05) is 53.7 Å². The number of fused-ring (bicyclic) bond motifs is 7. The van der Waals surface area contributed by atoms with Crippen LogP contribution in [0.25, 0.3) is 6.08 Å². The normalized spacial score (nSPS) is 48.0. The predicted molar refractivity (Wildman–Crippen MR) is 176 cm³/mol. The van der Waals surface area contributed by atoms with Crippen molar-refractivity contribution in [1.82, 2.24) is 0 Å². The average Bonchev–Trinajstić information content (AvgIpc) is 2.97. The highest BCUT2D eigenvalue weighted by atomic mass is 16.6. The van der Waals surface area contributed by atoms with Crippen LogP contribution in [0.1, 0.15) is 112 Å². The molecule has 1 aromatic carbocycles. The molecule has 5 aliphatic carbocycles. The van der Waals surface area contributed by atoms with Gasteiger partial charge in [-0.2, -0.15) is 0 Å². The van der Waals surface area contributed by atoms with Crippen LogP contribution in [0.4, 0.5) is 0 Å². The van der Waals surface area contributed by atoms with Gasteiger partial charge in [0.15, 0.2) is 0 Å². The Morgan fingerprint density at radius 2 is 1.54 bits per heavy atom. The van der Waals surface area contributed by atoms with Gasteiger partial charge in [0, 0.05) is 17.4 Å². The zero-order valence-electron chi connectivity index (χ0n) is 28.9. The van der Waals surface area contributed by atoms with E-state index in [1.807, 2.05) is 6.92 Å². The number of carbonyl (C=O) groups excluding carboxylic acids is 1. The molecular weight excluding hydrogens is 580 g/mol. The fourth-order valence-electron chi connectivity index (χ4n) is 12.9. The number of aliphatic hydroxyl groups is 2. The highest BCUT2D eigenvalue weighted by Gasteiger charge is 2.74. The number of aromatic hydroxyl groups is 1. The van der Waals surface area contributed by atoms with Crippen LogP contribution in [0.3, 0.4) is 0 Å². The molecule has 0 bridgehead atoms. The fraction of sp³-hybridized carbons (Fsp3) is 0.744. The molecule has 5 fully saturated rings. The van der Waals surface area contributed by atoms with Crippen molar-refractivity contribution < 1.29 is 34.8 Å². The summed E-state index contributed by atoms with van der Waals surface area (Å²) in [6.45, 7) is 15.5. The number of rotatable bonds is 4. The first-order chi connectivity index (χ1) is 21.3. The molecule has 254 valence electrons. The quantitative estimate of drug-likeness (QED) is 0.203. The summed E-state index contributed by atoms with van der Waals surface area (Å²) in [4.78, 5) is 26.1. The number of carboxylic acid groups (broad SMARTS) is 1. The van der Waals surface area contributed by atoms with Crippen LogP contribution < -0.4 is 0 Å². The number of carboxylic acids is 1. The lowest BCUT2D eigenvalue weighted by atomic mass is 9.30. The number of esters is 1. The van der Waals surface area contributed by atoms with E-state index in [9.17, 15) is 30.0 Å². The molecule has 4 N–H and O–H groups in total. The second-order valence-electron chi connectivity index (χ2n) is 17.6. The lowest BCUT2D eigenvalue weighted by Gasteiger charge is -2.74. The van der Waals surface area contributed by atoms with Gasteiger partial charge < -0.3 is 25.2 Å². The number of hydrogen-bond acceptors (Lipinski definition) is 6. The molecule has 1 aromatic rings. The van der Waals surface area contributed by atoms with Crippen LogP contribution in [-0.2, 0) is 14.3 Å². The molecule has 5 aliphatic rings. The third-order valence-electron chi connectivity index (χ3n) is 15.5. The molecule has 5 saturated carbocycles. The van der Waals surface area contributed by atoms with E-state index in [1.54, 1.807) is 30.3 Å². The molecule has 7 nitrogen and oxygen atoms in total. The standard InChI is InChI=1S/C39H56O7/c1-23-16-19-39(33(43)44)21-20-36(5)26(31(39)38(23,7)45)13-14-29-35(4)22-27(41)32(34(2,3)28(35)17-18-37(29,36)6)46-30(42)15-10-24-8-11-25(40)12-9-24/h8-12,15,23,26-29,31-32,40-41,45H,13-14,16-22H2,1-7H3,(H,43,44)/b15-10+/t23-,26-,27-,28+,29-,31-,32+,35+,36-,37-,38-,39+/m1/s1. The molecule has 0 aliphatic heterocycles.